The Bertz CT molecular complexity index is 1470. The summed E-state index contributed by atoms with van der Waals surface area (Å²) in [5.74, 6) is 0. The highest BCUT2D eigenvalue weighted by molar-refractivity contribution is 6.25. The van der Waals surface area contributed by atoms with E-state index in [1.165, 1.54) is 53.9 Å². The van der Waals surface area contributed by atoms with E-state index in [9.17, 15) is 0 Å². The Hall–Kier alpha value is -3.12. The molecule has 0 unspecified atom stereocenters. The Labute approximate surface area is 158 Å². The van der Waals surface area contributed by atoms with E-state index in [0.717, 1.165) is 0 Å². The standard InChI is InChI=1S/C27H20/c1-27(2)13-7-8-17-14-18-15-24-21-11-5-3-9-19(21)20-10-4-6-12-22(20)25(24)16-23(18)26(17)27/h3-16H,1-2H3. The Balaban J connectivity index is 1.91. The SMILES string of the molecule is CC1(C)C=CC=C2C=c3cc4c5ccccc5c5ccccc5c4cc3=C21. The van der Waals surface area contributed by atoms with E-state index in [4.69, 9.17) is 0 Å². The van der Waals surface area contributed by atoms with Crippen LogP contribution in [-0.4, -0.2) is 0 Å². The largest absolute Gasteiger partial charge is 0.0744 e. The van der Waals surface area contributed by atoms with Crippen LogP contribution in [0.25, 0.3) is 44.0 Å². The molecule has 0 fully saturated rings. The summed E-state index contributed by atoms with van der Waals surface area (Å²) in [4.78, 5) is 0. The molecule has 0 N–H and O–H groups in total. The molecule has 0 heterocycles. The van der Waals surface area contributed by atoms with Crippen molar-refractivity contribution in [3.8, 4) is 0 Å². The minimum absolute atomic E-state index is 0.0617. The number of fused-ring (bicyclic) bond motifs is 8. The van der Waals surface area contributed by atoms with Crippen molar-refractivity contribution in [2.75, 3.05) is 0 Å². The van der Waals surface area contributed by atoms with Crippen LogP contribution >= 0.6 is 0 Å². The first kappa shape index (κ1) is 15.0. The lowest BCUT2D eigenvalue weighted by Crippen LogP contribution is -2.27. The molecule has 128 valence electrons. The van der Waals surface area contributed by atoms with E-state index >= 15 is 0 Å². The maximum absolute atomic E-state index is 2.44. The van der Waals surface area contributed by atoms with Gasteiger partial charge in [0.2, 0.25) is 0 Å². The molecule has 0 spiro atoms. The Morgan fingerprint density at radius 2 is 1.22 bits per heavy atom. The van der Waals surface area contributed by atoms with Gasteiger partial charge in [0.15, 0.2) is 0 Å². The van der Waals surface area contributed by atoms with Crippen LogP contribution in [0.4, 0.5) is 0 Å². The van der Waals surface area contributed by atoms with Crippen LogP contribution in [0, 0.1) is 5.41 Å². The van der Waals surface area contributed by atoms with Gasteiger partial charge in [-0.1, -0.05) is 80.6 Å². The van der Waals surface area contributed by atoms with E-state index < -0.39 is 0 Å². The first-order valence-electron chi connectivity index (χ1n) is 9.63. The molecule has 0 atom stereocenters. The van der Waals surface area contributed by atoms with Crippen molar-refractivity contribution in [1.82, 2.24) is 0 Å². The molecular formula is C27H20. The van der Waals surface area contributed by atoms with Gasteiger partial charge in [0.05, 0.1) is 0 Å². The van der Waals surface area contributed by atoms with Gasteiger partial charge in [-0.3, -0.25) is 0 Å². The van der Waals surface area contributed by atoms with E-state index in [0.29, 0.717) is 0 Å². The molecule has 0 heteroatoms. The average Bonchev–Trinajstić information content (AvgIpc) is 3.05. The van der Waals surface area contributed by atoms with E-state index in [2.05, 4.69) is 98.8 Å². The highest BCUT2D eigenvalue weighted by Crippen LogP contribution is 2.39. The Kier molecular flexibility index (Phi) is 2.77. The van der Waals surface area contributed by atoms with Gasteiger partial charge in [-0.2, -0.15) is 0 Å². The second-order valence-corrected chi connectivity index (χ2v) is 8.30. The molecule has 0 amide bonds. The number of hydrogen-bond donors (Lipinski definition) is 0. The molecule has 2 aliphatic carbocycles. The summed E-state index contributed by atoms with van der Waals surface area (Å²) in [5.41, 5.74) is 2.88. The third-order valence-electron chi connectivity index (χ3n) is 6.22. The van der Waals surface area contributed by atoms with Crippen LogP contribution < -0.4 is 10.4 Å². The lowest BCUT2D eigenvalue weighted by molar-refractivity contribution is 0.644. The Morgan fingerprint density at radius 3 is 1.85 bits per heavy atom. The van der Waals surface area contributed by atoms with E-state index in [1.807, 2.05) is 0 Å². The summed E-state index contributed by atoms with van der Waals surface area (Å²) in [5, 5.41) is 10.8. The fourth-order valence-corrected chi connectivity index (χ4v) is 5.03. The molecule has 2 aliphatic rings. The molecule has 0 aliphatic heterocycles. The van der Waals surface area contributed by atoms with Crippen molar-refractivity contribution in [3.63, 3.8) is 0 Å². The highest BCUT2D eigenvalue weighted by Gasteiger charge is 2.28. The second kappa shape index (κ2) is 4.98. The minimum atomic E-state index is 0.0617. The summed E-state index contributed by atoms with van der Waals surface area (Å²) in [6.45, 7) is 4.63. The zero-order valence-electron chi connectivity index (χ0n) is 15.6. The zero-order chi connectivity index (χ0) is 18.2. The van der Waals surface area contributed by atoms with Crippen LogP contribution in [0.1, 0.15) is 13.8 Å². The van der Waals surface area contributed by atoms with Crippen molar-refractivity contribution in [2.45, 2.75) is 13.8 Å². The van der Waals surface area contributed by atoms with Crippen molar-refractivity contribution in [1.29, 1.82) is 0 Å². The summed E-state index contributed by atoms with van der Waals surface area (Å²) in [6.07, 6.45) is 9.13. The first-order chi connectivity index (χ1) is 13.1. The zero-order valence-corrected chi connectivity index (χ0v) is 15.6. The van der Waals surface area contributed by atoms with Crippen LogP contribution in [0.2, 0.25) is 0 Å². The maximum Gasteiger partial charge on any atom is 0.00905 e. The van der Waals surface area contributed by atoms with Gasteiger partial charge < -0.3 is 0 Å². The summed E-state index contributed by atoms with van der Waals surface area (Å²) in [7, 11) is 0. The van der Waals surface area contributed by atoms with Gasteiger partial charge in [0, 0.05) is 5.41 Å². The van der Waals surface area contributed by atoms with Crippen molar-refractivity contribution < 1.29 is 0 Å². The van der Waals surface area contributed by atoms with Crippen LogP contribution in [0.3, 0.4) is 0 Å². The van der Waals surface area contributed by atoms with Gasteiger partial charge >= 0.3 is 0 Å². The lowest BCUT2D eigenvalue weighted by Gasteiger charge is -2.26. The fraction of sp³-hybridized carbons (Fsp3) is 0.111. The smallest absolute Gasteiger partial charge is 0.00905 e. The second-order valence-electron chi connectivity index (χ2n) is 8.30. The lowest BCUT2D eigenvalue weighted by atomic mass is 9.77. The predicted octanol–water partition coefficient (Wildman–Crippen LogP) is 5.61. The molecule has 0 nitrogen and oxygen atoms in total. The molecule has 0 saturated heterocycles. The highest BCUT2D eigenvalue weighted by atomic mass is 14.3. The molecule has 0 bridgehead atoms. The summed E-state index contributed by atoms with van der Waals surface area (Å²) in [6, 6.07) is 22.5. The fourth-order valence-electron chi connectivity index (χ4n) is 5.03. The van der Waals surface area contributed by atoms with Gasteiger partial charge in [0.25, 0.3) is 0 Å². The first-order valence-corrected chi connectivity index (χ1v) is 9.63. The maximum atomic E-state index is 2.44. The summed E-state index contributed by atoms with van der Waals surface area (Å²) >= 11 is 0. The van der Waals surface area contributed by atoms with Gasteiger partial charge in [0.1, 0.15) is 0 Å². The molecule has 4 aromatic carbocycles. The average molecular weight is 344 g/mol. The number of allylic oxidation sites excluding steroid dienone is 4. The number of rotatable bonds is 0. The van der Waals surface area contributed by atoms with Crippen molar-refractivity contribution >= 4 is 44.0 Å². The Morgan fingerprint density at radius 1 is 0.667 bits per heavy atom. The topological polar surface area (TPSA) is 0 Å². The van der Waals surface area contributed by atoms with Crippen LogP contribution in [-0.2, 0) is 0 Å². The van der Waals surface area contributed by atoms with Crippen molar-refractivity contribution in [2.24, 2.45) is 5.41 Å². The monoisotopic (exact) mass is 344 g/mol. The molecule has 6 rings (SSSR count). The third kappa shape index (κ3) is 1.93. The molecule has 0 aromatic heterocycles. The third-order valence-corrected chi connectivity index (χ3v) is 6.22. The van der Waals surface area contributed by atoms with Gasteiger partial charge in [-0.25, -0.2) is 0 Å². The molecular weight excluding hydrogens is 324 g/mol. The van der Waals surface area contributed by atoms with Crippen LogP contribution in [0.15, 0.2) is 84.5 Å². The molecule has 27 heavy (non-hydrogen) atoms. The minimum Gasteiger partial charge on any atom is -0.0744 e. The number of benzene rings is 4. The van der Waals surface area contributed by atoms with Gasteiger partial charge in [-0.05, 0) is 72.1 Å². The summed E-state index contributed by atoms with van der Waals surface area (Å²) < 4.78 is 0. The van der Waals surface area contributed by atoms with E-state index in [-0.39, 0.29) is 5.41 Å². The van der Waals surface area contributed by atoms with Crippen LogP contribution in [0.5, 0.6) is 0 Å². The van der Waals surface area contributed by atoms with Gasteiger partial charge in [-0.15, -0.1) is 0 Å². The van der Waals surface area contributed by atoms with E-state index in [1.54, 1.807) is 0 Å². The molecule has 0 saturated carbocycles. The quantitative estimate of drug-likeness (QED) is 0.364. The molecule has 0 radical (unpaired) electrons. The molecule has 4 aromatic rings. The predicted molar refractivity (Wildman–Crippen MR) is 117 cm³/mol. The normalized spacial score (nSPS) is 17.1. The van der Waals surface area contributed by atoms with Crippen molar-refractivity contribution in [3.05, 3.63) is 94.9 Å². The number of hydrogen-bond acceptors (Lipinski definition) is 0.